The highest BCUT2D eigenvalue weighted by molar-refractivity contribution is 5.93. The van der Waals surface area contributed by atoms with Gasteiger partial charge in [-0.25, -0.2) is 13.8 Å². The lowest BCUT2D eigenvalue weighted by molar-refractivity contribution is -0.118. The average molecular weight is 422 g/mol. The Balaban J connectivity index is 1.49. The fourth-order valence-corrected chi connectivity index (χ4v) is 3.23. The molecule has 2 heterocycles. The van der Waals surface area contributed by atoms with Crippen LogP contribution in [-0.4, -0.2) is 10.9 Å². The molecule has 0 aliphatic heterocycles. The molecule has 4 rings (SSSR count). The summed E-state index contributed by atoms with van der Waals surface area (Å²) in [6, 6.07) is 14.8. The molecular weight excluding hydrogens is 402 g/mol. The van der Waals surface area contributed by atoms with E-state index in [0.717, 1.165) is 23.4 Å². The molecule has 1 amide bonds. The maximum Gasteiger partial charge on any atom is 0.227 e. The van der Waals surface area contributed by atoms with Gasteiger partial charge in [-0.05, 0) is 43.3 Å². The van der Waals surface area contributed by atoms with Crippen LogP contribution in [0, 0.1) is 18.6 Å². The third kappa shape index (κ3) is 4.71. The molecule has 0 radical (unpaired) electrons. The SMILES string of the molecule is Cc1ccc(N(Cc2ccco2)C(=O)CCc2ncc(-c3c(F)cccc3F)o2)cc1. The highest BCUT2D eigenvalue weighted by Crippen LogP contribution is 2.27. The minimum Gasteiger partial charge on any atom is -0.467 e. The van der Waals surface area contributed by atoms with Gasteiger partial charge in [0, 0.05) is 18.5 Å². The fourth-order valence-electron chi connectivity index (χ4n) is 3.23. The molecule has 0 saturated carbocycles. The summed E-state index contributed by atoms with van der Waals surface area (Å²) in [5.74, 6) is -0.748. The second kappa shape index (κ2) is 8.95. The van der Waals surface area contributed by atoms with Gasteiger partial charge in [-0.1, -0.05) is 23.8 Å². The molecule has 0 spiro atoms. The first-order valence-corrected chi connectivity index (χ1v) is 9.80. The third-order valence-corrected chi connectivity index (χ3v) is 4.86. The predicted molar refractivity (Wildman–Crippen MR) is 111 cm³/mol. The van der Waals surface area contributed by atoms with Crippen LogP contribution < -0.4 is 4.90 Å². The molecule has 0 saturated heterocycles. The first-order valence-electron chi connectivity index (χ1n) is 9.80. The minimum atomic E-state index is -0.734. The van der Waals surface area contributed by atoms with Crippen LogP contribution in [0.15, 0.2) is 75.9 Å². The Kier molecular flexibility index (Phi) is 5.93. The number of aromatic nitrogens is 1. The average Bonchev–Trinajstić information content (AvgIpc) is 3.43. The number of hydrogen-bond acceptors (Lipinski definition) is 4. The highest BCUT2D eigenvalue weighted by atomic mass is 19.1. The van der Waals surface area contributed by atoms with E-state index in [-0.39, 0.29) is 42.5 Å². The Morgan fingerprint density at radius 2 is 1.77 bits per heavy atom. The molecule has 0 aliphatic carbocycles. The van der Waals surface area contributed by atoms with Gasteiger partial charge in [-0.15, -0.1) is 0 Å². The second-order valence-electron chi connectivity index (χ2n) is 7.11. The van der Waals surface area contributed by atoms with Crippen molar-refractivity contribution in [1.29, 1.82) is 0 Å². The van der Waals surface area contributed by atoms with Crippen LogP contribution in [0.5, 0.6) is 0 Å². The zero-order chi connectivity index (χ0) is 21.8. The molecule has 0 aliphatic rings. The van der Waals surface area contributed by atoms with Gasteiger partial charge >= 0.3 is 0 Å². The maximum atomic E-state index is 14.0. The van der Waals surface area contributed by atoms with E-state index in [1.807, 2.05) is 31.2 Å². The topological polar surface area (TPSA) is 59.5 Å². The van der Waals surface area contributed by atoms with Gasteiger partial charge in [0.2, 0.25) is 5.91 Å². The lowest BCUT2D eigenvalue weighted by atomic mass is 10.1. The van der Waals surface area contributed by atoms with Gasteiger partial charge in [-0.2, -0.15) is 0 Å². The monoisotopic (exact) mass is 422 g/mol. The summed E-state index contributed by atoms with van der Waals surface area (Å²) in [6.45, 7) is 2.26. The Hall–Kier alpha value is -3.74. The first-order chi connectivity index (χ1) is 15.0. The maximum absolute atomic E-state index is 14.0. The van der Waals surface area contributed by atoms with Gasteiger partial charge in [0.15, 0.2) is 11.7 Å². The van der Waals surface area contributed by atoms with Crippen molar-refractivity contribution in [2.75, 3.05) is 4.90 Å². The molecule has 2 aromatic carbocycles. The molecule has 7 heteroatoms. The quantitative estimate of drug-likeness (QED) is 0.384. The summed E-state index contributed by atoms with van der Waals surface area (Å²) in [5, 5.41) is 0. The molecule has 0 fully saturated rings. The number of hydrogen-bond donors (Lipinski definition) is 0. The third-order valence-electron chi connectivity index (χ3n) is 4.86. The van der Waals surface area contributed by atoms with Crippen molar-refractivity contribution in [3.05, 3.63) is 95.9 Å². The molecule has 0 unspecified atom stereocenters. The van der Waals surface area contributed by atoms with Crippen LogP contribution in [0.1, 0.15) is 23.6 Å². The number of carbonyl (C=O) groups excluding carboxylic acids is 1. The van der Waals surface area contributed by atoms with E-state index in [1.165, 1.54) is 12.3 Å². The van der Waals surface area contributed by atoms with E-state index in [9.17, 15) is 13.6 Å². The second-order valence-corrected chi connectivity index (χ2v) is 7.11. The van der Waals surface area contributed by atoms with E-state index in [4.69, 9.17) is 8.83 Å². The predicted octanol–water partition coefficient (Wildman–Crippen LogP) is 5.69. The Morgan fingerprint density at radius 1 is 1.03 bits per heavy atom. The molecule has 2 aromatic heterocycles. The minimum absolute atomic E-state index is 0.0102. The Bertz CT molecular complexity index is 1150. The Labute approximate surface area is 177 Å². The number of halogens is 2. The lowest BCUT2D eigenvalue weighted by Gasteiger charge is -2.22. The van der Waals surface area contributed by atoms with Crippen LogP contribution in [0.25, 0.3) is 11.3 Å². The molecule has 31 heavy (non-hydrogen) atoms. The van der Waals surface area contributed by atoms with Crippen molar-refractivity contribution < 1.29 is 22.4 Å². The fraction of sp³-hybridized carbons (Fsp3) is 0.167. The molecule has 4 aromatic rings. The van der Waals surface area contributed by atoms with Gasteiger partial charge in [-0.3, -0.25) is 4.79 Å². The number of oxazole rings is 1. The number of rotatable bonds is 7. The number of furan rings is 1. The number of aryl methyl sites for hydroxylation is 2. The molecule has 5 nitrogen and oxygen atoms in total. The van der Waals surface area contributed by atoms with E-state index < -0.39 is 11.6 Å². The van der Waals surface area contributed by atoms with Crippen LogP contribution >= 0.6 is 0 Å². The van der Waals surface area contributed by atoms with E-state index in [2.05, 4.69) is 4.98 Å². The summed E-state index contributed by atoms with van der Waals surface area (Å²) in [6.07, 6.45) is 3.12. The van der Waals surface area contributed by atoms with Crippen LogP contribution in [0.3, 0.4) is 0 Å². The zero-order valence-electron chi connectivity index (χ0n) is 16.8. The van der Waals surface area contributed by atoms with Crippen molar-refractivity contribution in [2.45, 2.75) is 26.3 Å². The molecule has 0 bridgehead atoms. The normalized spacial score (nSPS) is 10.9. The van der Waals surface area contributed by atoms with Crippen molar-refractivity contribution in [1.82, 2.24) is 4.98 Å². The molecule has 158 valence electrons. The van der Waals surface area contributed by atoms with E-state index in [0.29, 0.717) is 5.76 Å². The summed E-state index contributed by atoms with van der Waals surface area (Å²) < 4.78 is 38.8. The van der Waals surface area contributed by atoms with Gasteiger partial charge in [0.25, 0.3) is 0 Å². The van der Waals surface area contributed by atoms with Crippen LogP contribution in [0.4, 0.5) is 14.5 Å². The number of carbonyl (C=O) groups is 1. The molecule has 0 atom stereocenters. The van der Waals surface area contributed by atoms with Crippen molar-refractivity contribution >= 4 is 11.6 Å². The Morgan fingerprint density at radius 3 is 2.45 bits per heavy atom. The highest BCUT2D eigenvalue weighted by Gasteiger charge is 2.20. The smallest absolute Gasteiger partial charge is 0.227 e. The van der Waals surface area contributed by atoms with Crippen molar-refractivity contribution in [3.8, 4) is 11.3 Å². The van der Waals surface area contributed by atoms with Crippen molar-refractivity contribution in [2.24, 2.45) is 0 Å². The number of benzene rings is 2. The zero-order valence-corrected chi connectivity index (χ0v) is 16.8. The standard InChI is InChI=1S/C24H20F2N2O3/c1-16-7-9-17(10-8-16)28(15-18-4-3-13-30-18)23(29)12-11-22-27-14-21(31-22)24-19(25)5-2-6-20(24)26/h2-10,13-14H,11-12,15H2,1H3. The van der Waals surface area contributed by atoms with Gasteiger partial charge in [0.1, 0.15) is 17.4 Å². The van der Waals surface area contributed by atoms with E-state index in [1.54, 1.807) is 23.3 Å². The number of amides is 1. The number of nitrogens with zero attached hydrogens (tertiary/aromatic N) is 2. The number of anilines is 1. The largest absolute Gasteiger partial charge is 0.467 e. The summed E-state index contributed by atoms with van der Waals surface area (Å²) in [7, 11) is 0. The first kappa shape index (κ1) is 20.5. The lowest BCUT2D eigenvalue weighted by Crippen LogP contribution is -2.30. The molecule has 0 N–H and O–H groups in total. The van der Waals surface area contributed by atoms with Gasteiger partial charge < -0.3 is 13.7 Å². The summed E-state index contributed by atoms with van der Waals surface area (Å²) >= 11 is 0. The van der Waals surface area contributed by atoms with Crippen LogP contribution in [0.2, 0.25) is 0 Å². The molecular formula is C24H20F2N2O3. The van der Waals surface area contributed by atoms with Crippen molar-refractivity contribution in [3.63, 3.8) is 0 Å². The van der Waals surface area contributed by atoms with E-state index >= 15 is 0 Å². The summed E-state index contributed by atoms with van der Waals surface area (Å²) in [5.41, 5.74) is 1.56. The van der Waals surface area contributed by atoms with Gasteiger partial charge in [0.05, 0.1) is 24.6 Å². The summed E-state index contributed by atoms with van der Waals surface area (Å²) in [4.78, 5) is 18.7. The van der Waals surface area contributed by atoms with Crippen LogP contribution in [-0.2, 0) is 17.8 Å².